The van der Waals surface area contributed by atoms with Crippen LogP contribution in [0.1, 0.15) is 53.4 Å². The van der Waals surface area contributed by atoms with Gasteiger partial charge < -0.3 is 5.11 Å². The van der Waals surface area contributed by atoms with E-state index in [0.29, 0.717) is 11.3 Å². The molecule has 0 heterocycles. The molecule has 3 aliphatic rings. The summed E-state index contributed by atoms with van der Waals surface area (Å²) in [5.41, 5.74) is 0.196. The standard InChI is InChI=1S/C15H26O/c1-9-7-8-15(4,16)10-5-6-11-13(12(9)10)14(11,2)3/h9-13,16H,5-8H2,1-4H3. The van der Waals surface area contributed by atoms with E-state index in [4.69, 9.17) is 0 Å². The Hall–Kier alpha value is -0.0400. The molecule has 0 saturated heterocycles. The fourth-order valence-corrected chi connectivity index (χ4v) is 5.28. The molecule has 92 valence electrons. The summed E-state index contributed by atoms with van der Waals surface area (Å²) in [6.45, 7) is 9.40. The second kappa shape index (κ2) is 3.04. The number of aliphatic hydroxyl groups is 1. The summed E-state index contributed by atoms with van der Waals surface area (Å²) in [5, 5.41) is 10.6. The van der Waals surface area contributed by atoms with Gasteiger partial charge in [-0.15, -0.1) is 0 Å². The molecule has 0 aromatic rings. The van der Waals surface area contributed by atoms with Gasteiger partial charge in [0.1, 0.15) is 0 Å². The predicted octanol–water partition coefficient (Wildman–Crippen LogP) is 3.47. The molecule has 0 spiro atoms. The highest BCUT2D eigenvalue weighted by Gasteiger charge is 2.66. The average molecular weight is 222 g/mol. The molecule has 0 amide bonds. The molecular formula is C15H26O. The van der Waals surface area contributed by atoms with Gasteiger partial charge in [0, 0.05) is 0 Å². The van der Waals surface area contributed by atoms with Crippen molar-refractivity contribution in [2.24, 2.45) is 35.0 Å². The molecule has 1 heteroatoms. The maximum absolute atomic E-state index is 10.6. The molecule has 0 aromatic carbocycles. The highest BCUT2D eigenvalue weighted by Crippen LogP contribution is 2.71. The minimum absolute atomic E-state index is 0.374. The normalized spacial score (nSPS) is 58.7. The quantitative estimate of drug-likeness (QED) is 0.665. The molecule has 1 nitrogen and oxygen atoms in total. The van der Waals surface area contributed by atoms with Crippen molar-refractivity contribution in [1.29, 1.82) is 0 Å². The SMILES string of the molecule is CC1CCC(C)(O)C2CCC3C(C12)C3(C)C. The summed E-state index contributed by atoms with van der Waals surface area (Å²) >= 11 is 0. The summed E-state index contributed by atoms with van der Waals surface area (Å²) in [5.74, 6) is 4.09. The molecule has 0 radical (unpaired) electrons. The van der Waals surface area contributed by atoms with Crippen LogP contribution in [0.2, 0.25) is 0 Å². The topological polar surface area (TPSA) is 20.2 Å². The molecule has 3 rings (SSSR count). The Balaban J connectivity index is 1.91. The number of fused-ring (bicyclic) bond motifs is 3. The number of hydrogen-bond donors (Lipinski definition) is 1. The average Bonchev–Trinajstić information content (AvgIpc) is 2.76. The lowest BCUT2D eigenvalue weighted by Crippen LogP contribution is -2.48. The van der Waals surface area contributed by atoms with E-state index in [9.17, 15) is 5.11 Å². The summed E-state index contributed by atoms with van der Waals surface area (Å²) in [7, 11) is 0. The van der Waals surface area contributed by atoms with Crippen molar-refractivity contribution in [2.75, 3.05) is 0 Å². The fraction of sp³-hybridized carbons (Fsp3) is 1.00. The molecule has 16 heavy (non-hydrogen) atoms. The van der Waals surface area contributed by atoms with Crippen LogP contribution in [0.15, 0.2) is 0 Å². The molecule has 6 atom stereocenters. The van der Waals surface area contributed by atoms with Crippen LogP contribution in [0.5, 0.6) is 0 Å². The zero-order chi connectivity index (χ0) is 11.7. The maximum atomic E-state index is 10.6. The fourth-order valence-electron chi connectivity index (χ4n) is 5.28. The van der Waals surface area contributed by atoms with Crippen molar-refractivity contribution in [2.45, 2.75) is 59.0 Å². The Morgan fingerprint density at radius 1 is 1.00 bits per heavy atom. The van der Waals surface area contributed by atoms with E-state index in [2.05, 4.69) is 27.7 Å². The molecule has 0 aromatic heterocycles. The van der Waals surface area contributed by atoms with Crippen LogP contribution in [-0.4, -0.2) is 10.7 Å². The van der Waals surface area contributed by atoms with E-state index in [-0.39, 0.29) is 5.60 Å². The van der Waals surface area contributed by atoms with Gasteiger partial charge in [-0.2, -0.15) is 0 Å². The third-order valence-electron chi connectivity index (χ3n) is 6.37. The highest BCUT2D eigenvalue weighted by molar-refractivity contribution is 5.15. The Morgan fingerprint density at radius 2 is 1.62 bits per heavy atom. The van der Waals surface area contributed by atoms with E-state index in [1.54, 1.807) is 0 Å². The van der Waals surface area contributed by atoms with Crippen molar-refractivity contribution in [3.63, 3.8) is 0 Å². The molecule has 0 aliphatic heterocycles. The largest absolute Gasteiger partial charge is 0.390 e. The van der Waals surface area contributed by atoms with Crippen LogP contribution in [0, 0.1) is 35.0 Å². The predicted molar refractivity (Wildman–Crippen MR) is 66.0 cm³/mol. The van der Waals surface area contributed by atoms with E-state index >= 15 is 0 Å². The van der Waals surface area contributed by atoms with Gasteiger partial charge in [-0.1, -0.05) is 20.8 Å². The Morgan fingerprint density at radius 3 is 2.31 bits per heavy atom. The van der Waals surface area contributed by atoms with Gasteiger partial charge in [-0.05, 0) is 67.6 Å². The summed E-state index contributed by atoms with van der Waals surface area (Å²) < 4.78 is 0. The Labute approximate surface area is 99.6 Å². The van der Waals surface area contributed by atoms with Gasteiger partial charge in [0.05, 0.1) is 5.60 Å². The minimum atomic E-state index is -0.374. The van der Waals surface area contributed by atoms with Crippen molar-refractivity contribution < 1.29 is 5.11 Å². The van der Waals surface area contributed by atoms with E-state index in [0.717, 1.165) is 30.1 Å². The van der Waals surface area contributed by atoms with Gasteiger partial charge >= 0.3 is 0 Å². The van der Waals surface area contributed by atoms with Crippen molar-refractivity contribution in [3.8, 4) is 0 Å². The second-order valence-corrected chi connectivity index (χ2v) is 7.59. The van der Waals surface area contributed by atoms with Gasteiger partial charge in [-0.25, -0.2) is 0 Å². The van der Waals surface area contributed by atoms with Gasteiger partial charge in [-0.3, -0.25) is 0 Å². The molecule has 3 fully saturated rings. The van der Waals surface area contributed by atoms with Gasteiger partial charge in [0.25, 0.3) is 0 Å². The van der Waals surface area contributed by atoms with Gasteiger partial charge in [0.15, 0.2) is 0 Å². The second-order valence-electron chi connectivity index (χ2n) is 7.59. The number of rotatable bonds is 0. The van der Waals surface area contributed by atoms with Crippen LogP contribution in [-0.2, 0) is 0 Å². The first-order chi connectivity index (χ1) is 7.36. The van der Waals surface area contributed by atoms with Gasteiger partial charge in [0.2, 0.25) is 0 Å². The smallest absolute Gasteiger partial charge is 0.0650 e. The van der Waals surface area contributed by atoms with E-state index < -0.39 is 0 Å². The first-order valence-electron chi connectivity index (χ1n) is 7.08. The zero-order valence-corrected chi connectivity index (χ0v) is 11.2. The van der Waals surface area contributed by atoms with Crippen molar-refractivity contribution in [3.05, 3.63) is 0 Å². The number of hydrogen-bond acceptors (Lipinski definition) is 1. The van der Waals surface area contributed by atoms with E-state index in [1.807, 2.05) is 0 Å². The van der Waals surface area contributed by atoms with Crippen LogP contribution < -0.4 is 0 Å². The lowest BCUT2D eigenvalue weighted by molar-refractivity contribution is -0.0973. The lowest BCUT2D eigenvalue weighted by Gasteiger charge is -2.48. The van der Waals surface area contributed by atoms with E-state index in [1.165, 1.54) is 19.3 Å². The summed E-state index contributed by atoms with van der Waals surface area (Å²) in [6, 6.07) is 0. The Bertz CT molecular complexity index is 305. The minimum Gasteiger partial charge on any atom is -0.390 e. The zero-order valence-electron chi connectivity index (χ0n) is 11.2. The molecule has 3 aliphatic carbocycles. The molecule has 0 bridgehead atoms. The third kappa shape index (κ3) is 1.27. The van der Waals surface area contributed by atoms with Crippen LogP contribution >= 0.6 is 0 Å². The van der Waals surface area contributed by atoms with Crippen molar-refractivity contribution >= 4 is 0 Å². The molecule has 1 N–H and O–H groups in total. The first kappa shape index (κ1) is 11.1. The highest BCUT2D eigenvalue weighted by atomic mass is 16.3. The Kier molecular flexibility index (Phi) is 2.11. The van der Waals surface area contributed by atoms with Crippen molar-refractivity contribution in [1.82, 2.24) is 0 Å². The molecular weight excluding hydrogens is 196 g/mol. The monoisotopic (exact) mass is 222 g/mol. The molecule has 6 unspecified atom stereocenters. The van der Waals surface area contributed by atoms with Crippen LogP contribution in [0.4, 0.5) is 0 Å². The summed E-state index contributed by atoms with van der Waals surface area (Å²) in [6.07, 6.45) is 4.88. The summed E-state index contributed by atoms with van der Waals surface area (Å²) in [4.78, 5) is 0. The van der Waals surface area contributed by atoms with Crippen LogP contribution in [0.25, 0.3) is 0 Å². The lowest BCUT2D eigenvalue weighted by atomic mass is 9.59. The third-order valence-corrected chi connectivity index (χ3v) is 6.37. The van der Waals surface area contributed by atoms with Crippen LogP contribution in [0.3, 0.4) is 0 Å². The maximum Gasteiger partial charge on any atom is 0.0650 e. The molecule has 3 saturated carbocycles. The first-order valence-corrected chi connectivity index (χ1v) is 7.08.